The van der Waals surface area contributed by atoms with Gasteiger partial charge in [-0.15, -0.1) is 22.7 Å². The number of hydrogen-bond donors (Lipinski definition) is 0. The summed E-state index contributed by atoms with van der Waals surface area (Å²) in [5.41, 5.74) is 0.859. The Kier molecular flexibility index (Phi) is 5.27. The standard InChI is InChI=1S/C18H18N2O4S3/c21-18(24-12-16-19-13-6-2-3-7-14(13)26-16)17-15(8-11-25-17)27(22,23)20-9-4-1-5-10-20/h2-3,6-8,11H,1,4-5,9-10,12H2. The summed E-state index contributed by atoms with van der Waals surface area (Å²) in [4.78, 5) is 17.1. The summed E-state index contributed by atoms with van der Waals surface area (Å²) in [5, 5.41) is 2.30. The molecular weight excluding hydrogens is 404 g/mol. The van der Waals surface area contributed by atoms with E-state index in [0.29, 0.717) is 18.1 Å². The Morgan fingerprint density at radius 3 is 2.70 bits per heavy atom. The van der Waals surface area contributed by atoms with Crippen LogP contribution in [0.5, 0.6) is 0 Å². The number of sulfonamides is 1. The van der Waals surface area contributed by atoms with E-state index in [1.807, 2.05) is 24.3 Å². The molecule has 0 bridgehead atoms. The second-order valence-corrected chi connectivity index (χ2v) is 10.2. The number of nitrogens with zero attached hydrogens (tertiary/aromatic N) is 2. The lowest BCUT2D eigenvalue weighted by Gasteiger charge is -2.25. The van der Waals surface area contributed by atoms with Crippen molar-refractivity contribution in [1.82, 2.24) is 9.29 Å². The van der Waals surface area contributed by atoms with Gasteiger partial charge in [0.2, 0.25) is 10.0 Å². The van der Waals surface area contributed by atoms with Crippen LogP contribution in [-0.2, 0) is 21.4 Å². The smallest absolute Gasteiger partial charge is 0.350 e. The Morgan fingerprint density at radius 1 is 1.15 bits per heavy atom. The van der Waals surface area contributed by atoms with Crippen molar-refractivity contribution in [3.05, 3.63) is 45.6 Å². The first-order chi connectivity index (χ1) is 13.1. The van der Waals surface area contributed by atoms with E-state index in [2.05, 4.69) is 4.98 Å². The number of thiophene rings is 1. The summed E-state index contributed by atoms with van der Waals surface area (Å²) in [6.07, 6.45) is 2.73. The lowest BCUT2D eigenvalue weighted by molar-refractivity contribution is 0.0474. The van der Waals surface area contributed by atoms with Crippen molar-refractivity contribution in [2.45, 2.75) is 30.8 Å². The molecule has 6 nitrogen and oxygen atoms in total. The summed E-state index contributed by atoms with van der Waals surface area (Å²) in [6.45, 7) is 1.02. The van der Waals surface area contributed by atoms with Crippen LogP contribution in [0.4, 0.5) is 0 Å². The maximum Gasteiger partial charge on any atom is 0.350 e. The average molecular weight is 423 g/mol. The zero-order chi connectivity index (χ0) is 18.9. The van der Waals surface area contributed by atoms with Crippen molar-refractivity contribution >= 4 is 48.9 Å². The van der Waals surface area contributed by atoms with Gasteiger partial charge in [0.25, 0.3) is 0 Å². The molecule has 1 saturated heterocycles. The molecule has 0 saturated carbocycles. The number of carbonyl (C=O) groups excluding carboxylic acids is 1. The van der Waals surface area contributed by atoms with E-state index in [1.165, 1.54) is 21.7 Å². The molecule has 9 heteroatoms. The van der Waals surface area contributed by atoms with Crippen LogP contribution in [0.2, 0.25) is 0 Å². The minimum atomic E-state index is -3.67. The second-order valence-electron chi connectivity index (χ2n) is 6.23. The Morgan fingerprint density at radius 2 is 1.93 bits per heavy atom. The summed E-state index contributed by atoms with van der Waals surface area (Å²) in [6, 6.07) is 9.18. The quantitative estimate of drug-likeness (QED) is 0.583. The van der Waals surface area contributed by atoms with Gasteiger partial charge in [-0.1, -0.05) is 18.6 Å². The fourth-order valence-electron chi connectivity index (χ4n) is 3.07. The highest BCUT2D eigenvalue weighted by atomic mass is 32.2. The highest BCUT2D eigenvalue weighted by molar-refractivity contribution is 7.89. The van der Waals surface area contributed by atoms with Gasteiger partial charge in [-0.25, -0.2) is 18.2 Å². The normalized spacial score (nSPS) is 15.9. The Hall–Kier alpha value is -1.81. The Balaban J connectivity index is 1.50. The van der Waals surface area contributed by atoms with Gasteiger partial charge >= 0.3 is 5.97 Å². The van der Waals surface area contributed by atoms with E-state index in [9.17, 15) is 13.2 Å². The molecule has 1 aliphatic rings. The zero-order valence-corrected chi connectivity index (χ0v) is 16.9. The maximum absolute atomic E-state index is 12.9. The van der Waals surface area contributed by atoms with E-state index in [4.69, 9.17) is 4.74 Å². The molecule has 4 rings (SSSR count). The molecule has 0 amide bonds. The van der Waals surface area contributed by atoms with E-state index >= 15 is 0 Å². The third-order valence-electron chi connectivity index (χ3n) is 4.41. The number of aromatic nitrogens is 1. The fraction of sp³-hybridized carbons (Fsp3) is 0.333. The molecule has 1 aliphatic heterocycles. The molecule has 3 heterocycles. The molecule has 0 atom stereocenters. The van der Waals surface area contributed by atoms with E-state index in [1.54, 1.807) is 5.38 Å². The summed E-state index contributed by atoms with van der Waals surface area (Å²) in [7, 11) is -3.67. The Bertz CT molecular complexity index is 1030. The molecule has 1 aromatic carbocycles. The van der Waals surface area contributed by atoms with Crippen molar-refractivity contribution in [2.24, 2.45) is 0 Å². The summed E-state index contributed by atoms with van der Waals surface area (Å²) >= 11 is 2.55. The molecule has 0 N–H and O–H groups in total. The van der Waals surface area contributed by atoms with Gasteiger partial charge in [0.1, 0.15) is 21.4 Å². The number of rotatable bonds is 5. The number of piperidine rings is 1. The highest BCUT2D eigenvalue weighted by Gasteiger charge is 2.31. The predicted octanol–water partition coefficient (Wildman–Crippen LogP) is 3.89. The number of thiazole rings is 1. The van der Waals surface area contributed by atoms with Gasteiger partial charge in [0.05, 0.1) is 10.2 Å². The Labute approximate surface area is 165 Å². The second kappa shape index (κ2) is 7.67. The van der Waals surface area contributed by atoms with E-state index < -0.39 is 16.0 Å². The van der Waals surface area contributed by atoms with Crippen molar-refractivity contribution in [3.63, 3.8) is 0 Å². The number of fused-ring (bicyclic) bond motifs is 1. The van der Waals surface area contributed by atoms with Crippen LogP contribution in [0.25, 0.3) is 10.2 Å². The van der Waals surface area contributed by atoms with Crippen molar-refractivity contribution in [1.29, 1.82) is 0 Å². The highest BCUT2D eigenvalue weighted by Crippen LogP contribution is 2.29. The molecule has 1 fully saturated rings. The summed E-state index contributed by atoms with van der Waals surface area (Å²) < 4.78 is 33.6. The SMILES string of the molecule is O=C(OCc1nc2ccccc2s1)c1sccc1S(=O)(=O)N1CCCCC1. The number of carbonyl (C=O) groups is 1. The zero-order valence-electron chi connectivity index (χ0n) is 14.5. The first-order valence-electron chi connectivity index (χ1n) is 8.65. The number of para-hydroxylation sites is 1. The van der Waals surface area contributed by atoms with Crippen LogP contribution >= 0.6 is 22.7 Å². The van der Waals surface area contributed by atoms with Crippen LogP contribution in [0, 0.1) is 0 Å². The first kappa shape index (κ1) is 18.5. The maximum atomic E-state index is 12.9. The minimum absolute atomic E-state index is 0.0271. The largest absolute Gasteiger partial charge is 0.454 e. The van der Waals surface area contributed by atoms with Gasteiger partial charge in [-0.05, 0) is 36.4 Å². The number of hydrogen-bond acceptors (Lipinski definition) is 7. The molecule has 142 valence electrons. The van der Waals surface area contributed by atoms with Crippen molar-refractivity contribution in [2.75, 3.05) is 13.1 Å². The van der Waals surface area contributed by atoms with Crippen LogP contribution < -0.4 is 0 Å². The van der Waals surface area contributed by atoms with Gasteiger partial charge in [-0.3, -0.25) is 0 Å². The molecule has 27 heavy (non-hydrogen) atoms. The number of ether oxygens (including phenoxy) is 1. The van der Waals surface area contributed by atoms with Crippen molar-refractivity contribution < 1.29 is 17.9 Å². The third-order valence-corrected chi connectivity index (χ3v) is 8.39. The van der Waals surface area contributed by atoms with E-state index in [0.717, 1.165) is 40.8 Å². The van der Waals surface area contributed by atoms with E-state index in [-0.39, 0.29) is 16.4 Å². The molecular formula is C18H18N2O4S3. The van der Waals surface area contributed by atoms with Crippen LogP contribution in [0.15, 0.2) is 40.6 Å². The lowest BCUT2D eigenvalue weighted by atomic mass is 10.2. The molecule has 3 aromatic rings. The summed E-state index contributed by atoms with van der Waals surface area (Å²) in [5.74, 6) is -0.625. The number of benzene rings is 1. The molecule has 0 unspecified atom stereocenters. The molecule has 0 aliphatic carbocycles. The molecule has 0 spiro atoms. The predicted molar refractivity (Wildman–Crippen MR) is 106 cm³/mol. The van der Waals surface area contributed by atoms with Gasteiger partial charge in [0.15, 0.2) is 0 Å². The molecule has 0 radical (unpaired) electrons. The van der Waals surface area contributed by atoms with Crippen LogP contribution in [-0.4, -0.2) is 36.8 Å². The number of esters is 1. The lowest BCUT2D eigenvalue weighted by Crippen LogP contribution is -2.36. The van der Waals surface area contributed by atoms with Crippen LogP contribution in [0.1, 0.15) is 33.9 Å². The van der Waals surface area contributed by atoms with Gasteiger partial charge in [-0.2, -0.15) is 4.31 Å². The topological polar surface area (TPSA) is 76.6 Å². The van der Waals surface area contributed by atoms with Gasteiger partial charge < -0.3 is 4.74 Å². The minimum Gasteiger partial charge on any atom is -0.454 e. The first-order valence-corrected chi connectivity index (χ1v) is 11.8. The third kappa shape index (κ3) is 3.77. The van der Waals surface area contributed by atoms with Gasteiger partial charge in [0, 0.05) is 13.1 Å². The van der Waals surface area contributed by atoms with Crippen LogP contribution in [0.3, 0.4) is 0 Å². The average Bonchev–Trinajstić information content (AvgIpc) is 3.34. The van der Waals surface area contributed by atoms with Crippen molar-refractivity contribution in [3.8, 4) is 0 Å². The monoisotopic (exact) mass is 422 g/mol. The fourth-order valence-corrected chi connectivity index (χ4v) is 6.75. The molecule has 2 aromatic heterocycles.